The average Bonchev–Trinajstić information content (AvgIpc) is 2.70. The fraction of sp³-hybridized carbons (Fsp3) is 0.267. The number of aryl methyl sites for hydroxylation is 1. The molecule has 4 nitrogen and oxygen atoms in total. The van der Waals surface area contributed by atoms with E-state index < -0.39 is 11.4 Å². The summed E-state index contributed by atoms with van der Waals surface area (Å²) in [6.45, 7) is 3.74. The first-order valence-corrected chi connectivity index (χ1v) is 6.08. The lowest BCUT2D eigenvalue weighted by Gasteiger charge is -2.15. The van der Waals surface area contributed by atoms with Gasteiger partial charge in [-0.2, -0.15) is 0 Å². The summed E-state index contributed by atoms with van der Waals surface area (Å²) in [5.41, 5.74) is 6.55. The Balaban J connectivity index is 2.22. The van der Waals surface area contributed by atoms with E-state index in [-0.39, 0.29) is 12.2 Å². The zero-order valence-corrected chi connectivity index (χ0v) is 11.0. The first-order chi connectivity index (χ1) is 8.89. The predicted molar refractivity (Wildman–Crippen MR) is 74.3 cm³/mol. The molecule has 0 aliphatic carbocycles. The summed E-state index contributed by atoms with van der Waals surface area (Å²) < 4.78 is 0. The molecule has 1 heterocycles. The molecule has 0 radical (unpaired) electrons. The Bertz CT molecular complexity index is 585. The zero-order valence-electron chi connectivity index (χ0n) is 11.0. The van der Waals surface area contributed by atoms with E-state index in [4.69, 9.17) is 5.73 Å². The molecule has 1 aromatic carbocycles. The maximum Gasteiger partial charge on any atom is 0.220 e. The van der Waals surface area contributed by atoms with Gasteiger partial charge >= 0.3 is 0 Å². The van der Waals surface area contributed by atoms with Gasteiger partial charge in [-0.05, 0) is 19.9 Å². The lowest BCUT2D eigenvalue weighted by Crippen LogP contribution is -2.26. The maximum atomic E-state index is 12.2. The average molecular weight is 256 g/mol. The Kier molecular flexibility index (Phi) is 3.34. The third-order valence-corrected chi connectivity index (χ3v) is 3.05. The lowest BCUT2D eigenvalue weighted by atomic mass is 10.00. The molecule has 0 saturated heterocycles. The van der Waals surface area contributed by atoms with Crippen LogP contribution in [0.25, 0.3) is 0 Å². The summed E-state index contributed by atoms with van der Waals surface area (Å²) in [5.74, 6) is -0.565. The summed E-state index contributed by atoms with van der Waals surface area (Å²) in [4.78, 5) is 27.5. The molecule has 0 saturated carbocycles. The molecule has 2 N–H and O–H groups in total. The molecule has 0 spiro atoms. The van der Waals surface area contributed by atoms with Crippen molar-refractivity contribution in [2.45, 2.75) is 25.8 Å². The van der Waals surface area contributed by atoms with Crippen molar-refractivity contribution in [3.63, 3.8) is 0 Å². The minimum absolute atomic E-state index is 0.105. The molecule has 1 atom stereocenters. The highest BCUT2D eigenvalue weighted by Crippen LogP contribution is 2.23. The van der Waals surface area contributed by atoms with E-state index in [2.05, 4.69) is 4.99 Å². The Morgan fingerprint density at radius 3 is 2.47 bits per heavy atom. The predicted octanol–water partition coefficient (Wildman–Crippen LogP) is 1.82. The Hall–Kier alpha value is -2.23. The summed E-state index contributed by atoms with van der Waals surface area (Å²) in [5, 5.41) is 0. The first-order valence-electron chi connectivity index (χ1n) is 6.08. The Labute approximate surface area is 112 Å². The highest BCUT2D eigenvalue weighted by Gasteiger charge is 2.29. The van der Waals surface area contributed by atoms with Gasteiger partial charge < -0.3 is 5.73 Å². The SMILES string of the molecule is Cc1ccc(C(=O)C2=NC(C)(CC(N)=O)C=C2)cc1. The zero-order chi connectivity index (χ0) is 14.0. The number of carbonyl (C=O) groups is 2. The molecular weight excluding hydrogens is 240 g/mol. The summed E-state index contributed by atoms with van der Waals surface area (Å²) >= 11 is 0. The van der Waals surface area contributed by atoms with Crippen molar-refractivity contribution in [3.05, 3.63) is 47.5 Å². The summed E-state index contributed by atoms with van der Waals surface area (Å²) in [7, 11) is 0. The number of ketones is 1. The number of Topliss-reactive ketones (excluding diaryl/α,β-unsaturated/α-hetero) is 1. The van der Waals surface area contributed by atoms with Crippen LogP contribution in [0.3, 0.4) is 0 Å². The summed E-state index contributed by atoms with van der Waals surface area (Å²) in [6, 6.07) is 7.32. The van der Waals surface area contributed by atoms with Crippen molar-refractivity contribution in [3.8, 4) is 0 Å². The first kappa shape index (κ1) is 13.2. The molecule has 0 aromatic heterocycles. The normalized spacial score (nSPS) is 21.3. The van der Waals surface area contributed by atoms with Crippen molar-refractivity contribution in [2.24, 2.45) is 10.7 Å². The van der Waals surface area contributed by atoms with Gasteiger partial charge in [-0.15, -0.1) is 0 Å². The number of benzene rings is 1. The van der Waals surface area contributed by atoms with Gasteiger partial charge in [-0.1, -0.05) is 35.9 Å². The number of rotatable bonds is 4. The van der Waals surface area contributed by atoms with E-state index in [1.807, 2.05) is 19.1 Å². The highest BCUT2D eigenvalue weighted by molar-refractivity contribution is 6.50. The number of carbonyl (C=O) groups excluding carboxylic acids is 2. The minimum atomic E-state index is -0.693. The minimum Gasteiger partial charge on any atom is -0.370 e. The van der Waals surface area contributed by atoms with Crippen molar-refractivity contribution < 1.29 is 9.59 Å². The van der Waals surface area contributed by atoms with Crippen LogP contribution < -0.4 is 5.73 Å². The van der Waals surface area contributed by atoms with Gasteiger partial charge in [0.05, 0.1) is 12.0 Å². The largest absolute Gasteiger partial charge is 0.370 e. The number of nitrogens with zero attached hydrogens (tertiary/aromatic N) is 1. The van der Waals surface area contributed by atoms with Gasteiger partial charge in [0.2, 0.25) is 11.7 Å². The van der Waals surface area contributed by atoms with Crippen LogP contribution in [0.5, 0.6) is 0 Å². The molecule has 1 aromatic rings. The van der Waals surface area contributed by atoms with Gasteiger partial charge in [-0.3, -0.25) is 14.6 Å². The lowest BCUT2D eigenvalue weighted by molar-refractivity contribution is -0.118. The van der Waals surface area contributed by atoms with Crippen molar-refractivity contribution in [1.29, 1.82) is 0 Å². The van der Waals surface area contributed by atoms with Crippen LogP contribution in [0.2, 0.25) is 0 Å². The topological polar surface area (TPSA) is 72.5 Å². The molecular formula is C15H16N2O2. The number of primary amides is 1. The van der Waals surface area contributed by atoms with Gasteiger partial charge in [0.25, 0.3) is 0 Å². The van der Waals surface area contributed by atoms with Crippen LogP contribution >= 0.6 is 0 Å². The van der Waals surface area contributed by atoms with E-state index in [9.17, 15) is 9.59 Å². The molecule has 1 aliphatic heterocycles. The second-order valence-electron chi connectivity index (χ2n) is 5.03. The van der Waals surface area contributed by atoms with Crippen LogP contribution in [-0.4, -0.2) is 22.9 Å². The standard InChI is InChI=1S/C15H16N2O2/c1-10-3-5-11(6-4-10)14(19)12-7-8-15(2,17-12)9-13(16)18/h3-8H,9H2,1-2H3,(H2,16,18). The van der Waals surface area contributed by atoms with E-state index >= 15 is 0 Å². The number of amides is 1. The van der Waals surface area contributed by atoms with E-state index in [0.29, 0.717) is 11.3 Å². The Morgan fingerprint density at radius 2 is 1.89 bits per heavy atom. The van der Waals surface area contributed by atoms with Gasteiger partial charge in [0.15, 0.2) is 0 Å². The number of allylic oxidation sites excluding steroid dienone is 1. The number of hydrogen-bond acceptors (Lipinski definition) is 3. The summed E-state index contributed by atoms with van der Waals surface area (Å²) in [6.07, 6.45) is 3.51. The van der Waals surface area contributed by atoms with Crippen LogP contribution in [0, 0.1) is 6.92 Å². The Morgan fingerprint density at radius 1 is 1.26 bits per heavy atom. The fourth-order valence-corrected chi connectivity index (χ4v) is 2.04. The molecule has 0 bridgehead atoms. The number of nitrogens with two attached hydrogens (primary N) is 1. The number of hydrogen-bond donors (Lipinski definition) is 1. The van der Waals surface area contributed by atoms with E-state index in [1.54, 1.807) is 31.2 Å². The van der Waals surface area contributed by atoms with Crippen LogP contribution in [0.4, 0.5) is 0 Å². The van der Waals surface area contributed by atoms with Crippen LogP contribution in [0.1, 0.15) is 29.3 Å². The van der Waals surface area contributed by atoms with Crippen molar-refractivity contribution in [2.75, 3.05) is 0 Å². The molecule has 98 valence electrons. The molecule has 2 rings (SSSR count). The molecule has 1 unspecified atom stereocenters. The fourth-order valence-electron chi connectivity index (χ4n) is 2.04. The molecule has 4 heteroatoms. The highest BCUT2D eigenvalue weighted by atomic mass is 16.1. The second kappa shape index (κ2) is 4.80. The van der Waals surface area contributed by atoms with Gasteiger partial charge in [0.1, 0.15) is 5.71 Å². The molecule has 1 aliphatic rings. The number of aliphatic imine (C=N–C) groups is 1. The third kappa shape index (κ3) is 2.96. The van der Waals surface area contributed by atoms with Crippen molar-refractivity contribution in [1.82, 2.24) is 0 Å². The quantitative estimate of drug-likeness (QED) is 0.834. The smallest absolute Gasteiger partial charge is 0.220 e. The maximum absolute atomic E-state index is 12.2. The van der Waals surface area contributed by atoms with E-state index in [1.165, 1.54) is 0 Å². The third-order valence-electron chi connectivity index (χ3n) is 3.05. The second-order valence-corrected chi connectivity index (χ2v) is 5.03. The molecule has 1 amide bonds. The van der Waals surface area contributed by atoms with Crippen molar-refractivity contribution >= 4 is 17.4 Å². The monoisotopic (exact) mass is 256 g/mol. The van der Waals surface area contributed by atoms with Crippen LogP contribution in [0.15, 0.2) is 41.4 Å². The van der Waals surface area contributed by atoms with Crippen LogP contribution in [-0.2, 0) is 4.79 Å². The molecule has 19 heavy (non-hydrogen) atoms. The van der Waals surface area contributed by atoms with Gasteiger partial charge in [0, 0.05) is 5.56 Å². The van der Waals surface area contributed by atoms with Gasteiger partial charge in [-0.25, -0.2) is 0 Å². The van der Waals surface area contributed by atoms with E-state index in [0.717, 1.165) is 5.56 Å². The molecule has 0 fully saturated rings.